The molecule has 0 rings (SSSR count). The Bertz CT molecular complexity index is 1180. The number of allylic oxidation sites excluding steroid dienone is 12. The van der Waals surface area contributed by atoms with Crippen molar-refractivity contribution >= 4 is 17.9 Å². The van der Waals surface area contributed by atoms with Gasteiger partial charge in [-0.3, -0.25) is 14.4 Å². The number of hydrogen-bond acceptors (Lipinski definition) is 6. The third kappa shape index (κ3) is 47.9. The van der Waals surface area contributed by atoms with Gasteiger partial charge in [0.05, 0.1) is 0 Å². The van der Waals surface area contributed by atoms with Crippen LogP contribution in [0.2, 0.25) is 0 Å². The maximum absolute atomic E-state index is 12.8. The summed E-state index contributed by atoms with van der Waals surface area (Å²) in [7, 11) is 0. The zero-order chi connectivity index (χ0) is 45.1. The minimum absolute atomic E-state index is 0.0842. The number of carbonyl (C=O) groups excluding carboxylic acids is 3. The fraction of sp³-hybridized carbons (Fsp3) is 0.732. The Morgan fingerprint density at radius 2 is 0.629 bits per heavy atom. The van der Waals surface area contributed by atoms with Gasteiger partial charge in [-0.1, -0.05) is 216 Å². The Morgan fingerprint density at radius 3 is 0.984 bits per heavy atom. The Balaban J connectivity index is 4.41. The molecule has 356 valence electrons. The highest BCUT2D eigenvalue weighted by Gasteiger charge is 2.19. The molecule has 6 nitrogen and oxygen atoms in total. The molecule has 0 spiro atoms. The van der Waals surface area contributed by atoms with E-state index in [-0.39, 0.29) is 31.1 Å². The van der Waals surface area contributed by atoms with Crippen LogP contribution in [0.15, 0.2) is 72.9 Å². The van der Waals surface area contributed by atoms with Crippen molar-refractivity contribution in [2.75, 3.05) is 13.2 Å². The van der Waals surface area contributed by atoms with Gasteiger partial charge in [0.1, 0.15) is 13.2 Å². The van der Waals surface area contributed by atoms with Crippen LogP contribution >= 0.6 is 0 Å². The first-order valence-electron chi connectivity index (χ1n) is 25.9. The van der Waals surface area contributed by atoms with Crippen LogP contribution in [0.5, 0.6) is 0 Å². The predicted octanol–water partition coefficient (Wildman–Crippen LogP) is 17.0. The minimum atomic E-state index is -0.786. The van der Waals surface area contributed by atoms with Crippen molar-refractivity contribution in [3.8, 4) is 0 Å². The number of unbranched alkanes of at least 4 members (excludes halogenated alkanes) is 23. The molecule has 0 amide bonds. The SMILES string of the molecule is CC/C=C\C/C=C\C/C=C\CCCCCCCCCC(=O)OCC(COC(=O)CCCCCCCCCCCCCC)OC(=O)CCCCCCC/C=C\C/C=C\C/C=C\CC. The summed E-state index contributed by atoms with van der Waals surface area (Å²) in [6.07, 6.45) is 63.1. The maximum Gasteiger partial charge on any atom is 0.306 e. The van der Waals surface area contributed by atoms with Gasteiger partial charge in [0.25, 0.3) is 0 Å². The van der Waals surface area contributed by atoms with Crippen molar-refractivity contribution in [1.82, 2.24) is 0 Å². The zero-order valence-electron chi connectivity index (χ0n) is 40.6. The normalized spacial score (nSPS) is 12.6. The van der Waals surface area contributed by atoms with Crippen LogP contribution in [0.1, 0.15) is 245 Å². The minimum Gasteiger partial charge on any atom is -0.462 e. The molecule has 62 heavy (non-hydrogen) atoms. The van der Waals surface area contributed by atoms with E-state index in [0.29, 0.717) is 19.3 Å². The van der Waals surface area contributed by atoms with Gasteiger partial charge in [0.15, 0.2) is 6.10 Å². The molecule has 0 aromatic carbocycles. The van der Waals surface area contributed by atoms with E-state index in [2.05, 4.69) is 93.7 Å². The van der Waals surface area contributed by atoms with Crippen LogP contribution in [-0.4, -0.2) is 37.2 Å². The number of carbonyl (C=O) groups is 3. The highest BCUT2D eigenvalue weighted by atomic mass is 16.6. The molecule has 0 bridgehead atoms. The first-order valence-corrected chi connectivity index (χ1v) is 25.9. The summed E-state index contributed by atoms with van der Waals surface area (Å²) in [6, 6.07) is 0. The Kier molecular flexibility index (Phi) is 47.9. The van der Waals surface area contributed by atoms with Gasteiger partial charge in [0.2, 0.25) is 0 Å². The first-order chi connectivity index (χ1) is 30.5. The van der Waals surface area contributed by atoms with Crippen molar-refractivity contribution in [3.63, 3.8) is 0 Å². The average Bonchev–Trinajstić information content (AvgIpc) is 3.27. The quantitative estimate of drug-likeness (QED) is 0.0262. The van der Waals surface area contributed by atoms with Gasteiger partial charge in [0, 0.05) is 19.3 Å². The molecule has 1 atom stereocenters. The van der Waals surface area contributed by atoms with E-state index < -0.39 is 6.10 Å². The van der Waals surface area contributed by atoms with E-state index in [9.17, 15) is 14.4 Å². The molecule has 0 aromatic heterocycles. The number of rotatable bonds is 46. The molecule has 0 aliphatic carbocycles. The van der Waals surface area contributed by atoms with Gasteiger partial charge in [-0.15, -0.1) is 0 Å². The van der Waals surface area contributed by atoms with Gasteiger partial charge in [-0.25, -0.2) is 0 Å². The van der Waals surface area contributed by atoms with Gasteiger partial charge < -0.3 is 14.2 Å². The summed E-state index contributed by atoms with van der Waals surface area (Å²) in [4.78, 5) is 38.0. The van der Waals surface area contributed by atoms with Crippen LogP contribution in [0.25, 0.3) is 0 Å². The maximum atomic E-state index is 12.8. The summed E-state index contributed by atoms with van der Waals surface area (Å²) < 4.78 is 16.8. The molecule has 0 saturated heterocycles. The van der Waals surface area contributed by atoms with Crippen molar-refractivity contribution < 1.29 is 28.6 Å². The van der Waals surface area contributed by atoms with Crippen LogP contribution < -0.4 is 0 Å². The molecule has 0 aliphatic heterocycles. The molecule has 0 fully saturated rings. The lowest BCUT2D eigenvalue weighted by Crippen LogP contribution is -2.30. The lowest BCUT2D eigenvalue weighted by Gasteiger charge is -2.18. The Labute approximate surface area is 382 Å². The second-order valence-electron chi connectivity index (χ2n) is 17.0. The predicted molar refractivity (Wildman–Crippen MR) is 265 cm³/mol. The van der Waals surface area contributed by atoms with Crippen molar-refractivity contribution in [1.29, 1.82) is 0 Å². The van der Waals surface area contributed by atoms with E-state index >= 15 is 0 Å². The van der Waals surface area contributed by atoms with E-state index in [4.69, 9.17) is 14.2 Å². The van der Waals surface area contributed by atoms with Crippen molar-refractivity contribution in [3.05, 3.63) is 72.9 Å². The molecule has 0 radical (unpaired) electrons. The van der Waals surface area contributed by atoms with Crippen molar-refractivity contribution in [2.45, 2.75) is 252 Å². The second-order valence-corrected chi connectivity index (χ2v) is 17.0. The van der Waals surface area contributed by atoms with Crippen LogP contribution in [0.4, 0.5) is 0 Å². The fourth-order valence-corrected chi connectivity index (χ4v) is 7.12. The summed E-state index contributed by atoms with van der Waals surface area (Å²) in [5, 5.41) is 0. The number of hydrogen-bond donors (Lipinski definition) is 0. The molecule has 0 N–H and O–H groups in total. The third-order valence-electron chi connectivity index (χ3n) is 11.0. The lowest BCUT2D eigenvalue weighted by atomic mass is 10.0. The summed E-state index contributed by atoms with van der Waals surface area (Å²) in [6.45, 7) is 6.39. The van der Waals surface area contributed by atoms with Gasteiger partial charge >= 0.3 is 17.9 Å². The van der Waals surface area contributed by atoms with E-state index in [0.717, 1.165) is 122 Å². The highest BCUT2D eigenvalue weighted by Crippen LogP contribution is 2.15. The van der Waals surface area contributed by atoms with Gasteiger partial charge in [-0.05, 0) is 83.5 Å². The first kappa shape index (κ1) is 58.9. The van der Waals surface area contributed by atoms with Crippen LogP contribution in [-0.2, 0) is 28.6 Å². The average molecular weight is 865 g/mol. The van der Waals surface area contributed by atoms with E-state index in [1.165, 1.54) is 83.5 Å². The second kappa shape index (κ2) is 50.5. The Morgan fingerprint density at radius 1 is 0.339 bits per heavy atom. The molecule has 1 unspecified atom stereocenters. The molecule has 0 aromatic rings. The van der Waals surface area contributed by atoms with Crippen LogP contribution in [0.3, 0.4) is 0 Å². The summed E-state index contributed by atoms with van der Waals surface area (Å²) in [5.41, 5.74) is 0. The Hall–Kier alpha value is -3.15. The standard InChI is InChI=1S/C56H96O6/c1-4-7-10-13-16-19-22-25-27-28-30-31-34-37-40-43-46-49-55(58)61-52-53(51-60-54(57)48-45-42-39-36-33-24-21-18-15-12-9-6-3)62-56(59)50-47-44-41-38-35-32-29-26-23-20-17-14-11-8-5-2/h7-8,10-11,16-17,19-20,25-27,29,53H,4-6,9,12-15,18,21-24,28,30-52H2,1-3H3/b10-7-,11-8-,19-16-,20-17-,27-25-,29-26-. The number of ether oxygens (including phenoxy) is 3. The highest BCUT2D eigenvalue weighted by molar-refractivity contribution is 5.71. The lowest BCUT2D eigenvalue weighted by molar-refractivity contribution is -0.167. The monoisotopic (exact) mass is 865 g/mol. The molecule has 0 saturated carbocycles. The molecule has 0 aliphatic rings. The fourth-order valence-electron chi connectivity index (χ4n) is 7.12. The zero-order valence-corrected chi connectivity index (χ0v) is 40.6. The summed E-state index contributed by atoms with van der Waals surface area (Å²) >= 11 is 0. The molecular formula is C56H96O6. The topological polar surface area (TPSA) is 78.9 Å². The smallest absolute Gasteiger partial charge is 0.306 e. The summed E-state index contributed by atoms with van der Waals surface area (Å²) in [5.74, 6) is -0.909. The largest absolute Gasteiger partial charge is 0.462 e. The van der Waals surface area contributed by atoms with E-state index in [1.54, 1.807) is 0 Å². The third-order valence-corrected chi connectivity index (χ3v) is 11.0. The molecule has 0 heterocycles. The van der Waals surface area contributed by atoms with Crippen molar-refractivity contribution in [2.24, 2.45) is 0 Å². The molecule has 6 heteroatoms. The molecular weight excluding hydrogens is 769 g/mol. The van der Waals surface area contributed by atoms with Crippen LogP contribution in [0, 0.1) is 0 Å². The van der Waals surface area contributed by atoms with Gasteiger partial charge in [-0.2, -0.15) is 0 Å². The number of esters is 3. The van der Waals surface area contributed by atoms with E-state index in [1.807, 2.05) is 0 Å².